The van der Waals surface area contributed by atoms with Crippen molar-refractivity contribution in [1.82, 2.24) is 0 Å². The molecule has 0 unspecified atom stereocenters. The quantitative estimate of drug-likeness (QED) is 0.130. The van der Waals surface area contributed by atoms with Crippen LogP contribution in [0.4, 0.5) is 0 Å². The van der Waals surface area contributed by atoms with Gasteiger partial charge in [0.2, 0.25) is 13.1 Å². The number of hydrogen-bond acceptors (Lipinski definition) is 9. The smallest absolute Gasteiger partial charge is 0.227 e. The third-order valence-corrected chi connectivity index (χ3v) is 1.78. The average Bonchev–Trinajstić information content (AvgIpc) is 2.46. The zero-order chi connectivity index (χ0) is 17.1. The Balaban J connectivity index is -0.000000354. The summed E-state index contributed by atoms with van der Waals surface area (Å²) in [5.74, 6) is 0. The van der Waals surface area contributed by atoms with Crippen LogP contribution in [0.15, 0.2) is 0 Å². The van der Waals surface area contributed by atoms with E-state index in [0.29, 0.717) is 19.9 Å². The van der Waals surface area contributed by atoms with Gasteiger partial charge in [0.25, 0.3) is 0 Å². The summed E-state index contributed by atoms with van der Waals surface area (Å²) in [6.07, 6.45) is 1.03. The van der Waals surface area contributed by atoms with Crippen LogP contribution >= 0.6 is 24.0 Å². The molecular formula is C11H26IN3O8. The van der Waals surface area contributed by atoms with Gasteiger partial charge in [0.05, 0.1) is 6.61 Å². The predicted octanol–water partition coefficient (Wildman–Crippen LogP) is 0.494. The van der Waals surface area contributed by atoms with E-state index in [-0.39, 0.29) is 57.1 Å². The third kappa shape index (κ3) is 33.9. The van der Waals surface area contributed by atoms with Gasteiger partial charge in [-0.05, 0) is 6.42 Å². The first-order valence-corrected chi connectivity index (χ1v) is 6.79. The molecule has 23 heavy (non-hydrogen) atoms. The molecule has 0 aromatic rings. The highest BCUT2D eigenvalue weighted by molar-refractivity contribution is 14.0. The molecule has 0 fully saturated rings. The van der Waals surface area contributed by atoms with Gasteiger partial charge in [-0.1, -0.05) is 6.92 Å². The molecule has 11 nitrogen and oxygen atoms in total. The molecule has 0 rings (SSSR count). The minimum Gasteiger partial charge on any atom is -0.355 e. The summed E-state index contributed by atoms with van der Waals surface area (Å²) < 4.78 is 19.2. The Kier molecular flexibility index (Phi) is 27.9. The van der Waals surface area contributed by atoms with Crippen molar-refractivity contribution in [1.29, 1.82) is 0 Å². The molecule has 0 aliphatic rings. The van der Waals surface area contributed by atoms with Crippen LogP contribution in [0.2, 0.25) is 0 Å². The van der Waals surface area contributed by atoms with Gasteiger partial charge in [-0.15, -0.1) is 24.0 Å². The first-order valence-electron chi connectivity index (χ1n) is 6.79. The molecular weight excluding hydrogens is 429 g/mol. The van der Waals surface area contributed by atoms with Crippen LogP contribution in [-0.2, 0) is 18.9 Å². The standard InChI is InChI=1S/C6H15NO2.C5H10N2O6.HI/c1-2-4-8-6-9-5-3-7;8-6(9)1-3-12-5-13-4-2-7(10)11;/h2-7H2,1H3;1-5H2;1H. The van der Waals surface area contributed by atoms with E-state index < -0.39 is 9.85 Å². The fourth-order valence-electron chi connectivity index (χ4n) is 0.859. The maximum Gasteiger partial charge on any atom is 0.227 e. The third-order valence-electron chi connectivity index (χ3n) is 1.78. The Bertz CT molecular complexity index is 250. The molecule has 0 heterocycles. The summed E-state index contributed by atoms with van der Waals surface area (Å²) in [4.78, 5) is 18.5. The van der Waals surface area contributed by atoms with Gasteiger partial charge in [-0.3, -0.25) is 20.2 Å². The van der Waals surface area contributed by atoms with E-state index in [9.17, 15) is 20.2 Å². The minimum atomic E-state index is -0.517. The predicted molar refractivity (Wildman–Crippen MR) is 92.0 cm³/mol. The molecule has 12 heteroatoms. The molecule has 0 bridgehead atoms. The van der Waals surface area contributed by atoms with Gasteiger partial charge >= 0.3 is 0 Å². The Morgan fingerprint density at radius 1 is 0.826 bits per heavy atom. The molecule has 0 aromatic heterocycles. The van der Waals surface area contributed by atoms with Gasteiger partial charge in [0.15, 0.2) is 0 Å². The van der Waals surface area contributed by atoms with E-state index in [1.165, 1.54) is 0 Å². The summed E-state index contributed by atoms with van der Waals surface area (Å²) >= 11 is 0. The molecule has 0 aliphatic carbocycles. The topological polar surface area (TPSA) is 149 Å². The fourth-order valence-corrected chi connectivity index (χ4v) is 0.859. The van der Waals surface area contributed by atoms with Crippen molar-refractivity contribution in [3.63, 3.8) is 0 Å². The van der Waals surface area contributed by atoms with Crippen molar-refractivity contribution in [3.05, 3.63) is 20.2 Å². The molecule has 140 valence electrons. The van der Waals surface area contributed by atoms with Crippen LogP contribution in [0.5, 0.6) is 0 Å². The highest BCUT2D eigenvalue weighted by atomic mass is 127. The molecule has 0 saturated heterocycles. The van der Waals surface area contributed by atoms with Crippen molar-refractivity contribution < 1.29 is 28.8 Å². The van der Waals surface area contributed by atoms with Crippen molar-refractivity contribution in [2.75, 3.05) is 59.6 Å². The maximum absolute atomic E-state index is 9.77. The summed E-state index contributed by atoms with van der Waals surface area (Å²) in [7, 11) is 0. The molecule has 0 saturated carbocycles. The first-order chi connectivity index (χ1) is 10.5. The average molecular weight is 455 g/mol. The molecule has 0 spiro atoms. The normalized spacial score (nSPS) is 9.48. The molecule has 0 radical (unpaired) electrons. The molecule has 0 atom stereocenters. The van der Waals surface area contributed by atoms with E-state index >= 15 is 0 Å². The Hall–Kier alpha value is -0.670. The largest absolute Gasteiger partial charge is 0.355 e. The van der Waals surface area contributed by atoms with Crippen LogP contribution in [0.3, 0.4) is 0 Å². The monoisotopic (exact) mass is 455 g/mol. The number of ether oxygens (including phenoxy) is 4. The summed E-state index contributed by atoms with van der Waals surface area (Å²) in [5.41, 5.74) is 5.16. The van der Waals surface area contributed by atoms with Crippen molar-refractivity contribution >= 4 is 24.0 Å². The summed E-state index contributed by atoms with van der Waals surface area (Å²) in [6, 6.07) is 0. The van der Waals surface area contributed by atoms with Gasteiger partial charge in [0, 0.05) is 23.0 Å². The second-order valence-corrected chi connectivity index (χ2v) is 3.77. The second kappa shape index (κ2) is 23.6. The Morgan fingerprint density at radius 3 is 1.57 bits per heavy atom. The molecule has 0 aliphatic heterocycles. The zero-order valence-electron chi connectivity index (χ0n) is 13.2. The van der Waals surface area contributed by atoms with Crippen molar-refractivity contribution in [2.45, 2.75) is 13.3 Å². The fraction of sp³-hybridized carbons (Fsp3) is 1.00. The number of hydrogen-bond donors (Lipinski definition) is 1. The number of nitrogens with zero attached hydrogens (tertiary/aromatic N) is 2. The van der Waals surface area contributed by atoms with E-state index in [2.05, 4.69) is 16.4 Å². The number of nitrogens with two attached hydrogens (primary N) is 1. The van der Waals surface area contributed by atoms with E-state index in [4.69, 9.17) is 15.2 Å². The zero-order valence-corrected chi connectivity index (χ0v) is 15.5. The van der Waals surface area contributed by atoms with Crippen LogP contribution < -0.4 is 5.73 Å². The lowest BCUT2D eigenvalue weighted by molar-refractivity contribution is -0.487. The van der Waals surface area contributed by atoms with Crippen molar-refractivity contribution in [2.24, 2.45) is 5.73 Å². The SMILES string of the molecule is CCCOCOCCN.I.O=[N+]([O-])CCOCOCC[N+](=O)[O-]. The van der Waals surface area contributed by atoms with Gasteiger partial charge in [-0.2, -0.15) is 0 Å². The molecule has 2 N–H and O–H groups in total. The van der Waals surface area contributed by atoms with Crippen LogP contribution in [0, 0.1) is 20.2 Å². The van der Waals surface area contributed by atoms with Crippen LogP contribution in [0.25, 0.3) is 0 Å². The van der Waals surface area contributed by atoms with Crippen molar-refractivity contribution in [3.8, 4) is 0 Å². The molecule has 0 amide bonds. The van der Waals surface area contributed by atoms with E-state index in [1.54, 1.807) is 0 Å². The van der Waals surface area contributed by atoms with Crippen LogP contribution in [0.1, 0.15) is 13.3 Å². The van der Waals surface area contributed by atoms with Gasteiger partial charge in [-0.25, -0.2) is 0 Å². The maximum atomic E-state index is 9.77. The Morgan fingerprint density at radius 2 is 1.22 bits per heavy atom. The lowest BCUT2D eigenvalue weighted by Gasteiger charge is -2.01. The summed E-state index contributed by atoms with van der Waals surface area (Å²) in [5, 5.41) is 19.5. The highest BCUT2D eigenvalue weighted by Gasteiger charge is 1.98. The van der Waals surface area contributed by atoms with E-state index in [1.807, 2.05) is 0 Å². The lowest BCUT2D eigenvalue weighted by Crippen LogP contribution is -2.14. The lowest BCUT2D eigenvalue weighted by atomic mass is 10.5. The second-order valence-electron chi connectivity index (χ2n) is 3.77. The van der Waals surface area contributed by atoms with Crippen LogP contribution in [-0.4, -0.2) is 69.5 Å². The highest BCUT2D eigenvalue weighted by Crippen LogP contribution is 1.81. The summed E-state index contributed by atoms with van der Waals surface area (Å²) in [6.45, 7) is 3.52. The van der Waals surface area contributed by atoms with Gasteiger partial charge in [0.1, 0.15) is 26.8 Å². The number of rotatable bonds is 14. The number of halogens is 1. The molecule has 0 aromatic carbocycles. The van der Waals surface area contributed by atoms with Gasteiger partial charge < -0.3 is 24.7 Å². The minimum absolute atomic E-state index is 0. The van der Waals surface area contributed by atoms with E-state index in [0.717, 1.165) is 13.0 Å². The first kappa shape index (κ1) is 27.2. The Labute approximate surface area is 152 Å². The number of nitro groups is 2.